The van der Waals surface area contributed by atoms with Gasteiger partial charge in [-0.1, -0.05) is 47.1 Å². The summed E-state index contributed by atoms with van der Waals surface area (Å²) in [6.07, 6.45) is 0.603. The molecule has 2 aromatic carbocycles. The Kier molecular flexibility index (Phi) is 5.93. The lowest BCUT2D eigenvalue weighted by molar-refractivity contribution is -0.123. The predicted octanol–water partition coefficient (Wildman–Crippen LogP) is 4.29. The third kappa shape index (κ3) is 4.93. The second-order valence-corrected chi connectivity index (χ2v) is 6.16. The molecule has 0 bridgehead atoms. The molecule has 0 aliphatic rings. The summed E-state index contributed by atoms with van der Waals surface area (Å²) in [4.78, 5) is 24.1. The maximum atomic E-state index is 12.1. The molecule has 120 valence electrons. The Morgan fingerprint density at radius 2 is 1.74 bits per heavy atom. The Morgan fingerprint density at radius 3 is 2.43 bits per heavy atom. The molecule has 0 aliphatic heterocycles. The van der Waals surface area contributed by atoms with E-state index < -0.39 is 0 Å². The van der Waals surface area contributed by atoms with E-state index in [4.69, 9.17) is 0 Å². The molecule has 0 aliphatic carbocycles. The number of nitrogens with one attached hydrogen (secondary N) is 2. The van der Waals surface area contributed by atoms with Crippen molar-refractivity contribution in [1.82, 2.24) is 0 Å². The minimum absolute atomic E-state index is 0.218. The highest BCUT2D eigenvalue weighted by molar-refractivity contribution is 9.10. The Hall–Kier alpha value is -2.14. The third-order valence-electron chi connectivity index (χ3n) is 3.43. The molecule has 5 heteroatoms. The number of rotatable bonds is 5. The zero-order chi connectivity index (χ0) is 16.8. The van der Waals surface area contributed by atoms with Gasteiger partial charge in [-0.25, -0.2) is 0 Å². The first-order valence-electron chi connectivity index (χ1n) is 7.43. The van der Waals surface area contributed by atoms with Crippen LogP contribution in [0.2, 0.25) is 0 Å². The van der Waals surface area contributed by atoms with Crippen LogP contribution in [0.15, 0.2) is 46.9 Å². The van der Waals surface area contributed by atoms with Crippen LogP contribution in [-0.4, -0.2) is 11.8 Å². The van der Waals surface area contributed by atoms with Crippen LogP contribution in [0.3, 0.4) is 0 Å². The van der Waals surface area contributed by atoms with Gasteiger partial charge in [0.2, 0.25) is 11.8 Å². The average Bonchev–Trinajstić information content (AvgIpc) is 2.49. The fourth-order valence-corrected chi connectivity index (χ4v) is 2.70. The smallest absolute Gasteiger partial charge is 0.233 e. The van der Waals surface area contributed by atoms with Gasteiger partial charge in [0, 0.05) is 15.8 Å². The van der Waals surface area contributed by atoms with Gasteiger partial charge in [0.25, 0.3) is 0 Å². The zero-order valence-electron chi connectivity index (χ0n) is 13.2. The second kappa shape index (κ2) is 7.92. The summed E-state index contributed by atoms with van der Waals surface area (Å²) in [5, 5.41) is 5.56. The van der Waals surface area contributed by atoms with Gasteiger partial charge in [-0.3, -0.25) is 9.59 Å². The van der Waals surface area contributed by atoms with Crippen LogP contribution in [-0.2, 0) is 16.0 Å². The van der Waals surface area contributed by atoms with E-state index in [0.29, 0.717) is 5.69 Å². The normalized spacial score (nSPS) is 10.2. The summed E-state index contributed by atoms with van der Waals surface area (Å²) in [7, 11) is 0. The molecule has 0 saturated carbocycles. The molecule has 0 fully saturated rings. The molecule has 0 spiro atoms. The number of carbonyl (C=O) groups is 2. The summed E-state index contributed by atoms with van der Waals surface area (Å²) < 4.78 is 0.868. The fourth-order valence-electron chi connectivity index (χ4n) is 2.30. The standard InChI is InChI=1S/C18H19BrN2O2/c1-3-13-7-4-6-12(2)18(13)21-17(23)11-16(22)20-15-9-5-8-14(19)10-15/h4-10H,3,11H2,1-2H3,(H,20,22)(H,21,23). The molecule has 0 heterocycles. The first kappa shape index (κ1) is 17.2. The number of benzene rings is 2. The Labute approximate surface area is 144 Å². The molecule has 2 N–H and O–H groups in total. The molecule has 0 saturated heterocycles. The number of anilines is 2. The lowest BCUT2D eigenvalue weighted by atomic mass is 10.1. The number of halogens is 1. The molecule has 0 unspecified atom stereocenters. The first-order chi connectivity index (χ1) is 11.0. The van der Waals surface area contributed by atoms with E-state index >= 15 is 0 Å². The van der Waals surface area contributed by atoms with Crippen molar-refractivity contribution < 1.29 is 9.59 Å². The Morgan fingerprint density at radius 1 is 1.04 bits per heavy atom. The summed E-state index contributed by atoms with van der Waals surface area (Å²) in [5.41, 5.74) is 3.51. The molecule has 0 radical (unpaired) electrons. The number of para-hydroxylation sites is 1. The van der Waals surface area contributed by atoms with Crippen LogP contribution >= 0.6 is 15.9 Å². The Bertz CT molecular complexity index is 729. The van der Waals surface area contributed by atoms with Gasteiger partial charge >= 0.3 is 0 Å². The quantitative estimate of drug-likeness (QED) is 0.766. The van der Waals surface area contributed by atoms with Crippen LogP contribution in [0.4, 0.5) is 11.4 Å². The van der Waals surface area contributed by atoms with Crippen molar-refractivity contribution in [2.75, 3.05) is 10.6 Å². The average molecular weight is 375 g/mol. The number of amides is 2. The molecule has 23 heavy (non-hydrogen) atoms. The highest BCUT2D eigenvalue weighted by Gasteiger charge is 2.13. The topological polar surface area (TPSA) is 58.2 Å². The number of hydrogen-bond acceptors (Lipinski definition) is 2. The lowest BCUT2D eigenvalue weighted by Crippen LogP contribution is -2.22. The van der Waals surface area contributed by atoms with Crippen LogP contribution in [0.5, 0.6) is 0 Å². The summed E-state index contributed by atoms with van der Waals surface area (Å²) in [6.45, 7) is 3.97. The summed E-state index contributed by atoms with van der Waals surface area (Å²) >= 11 is 3.34. The third-order valence-corrected chi connectivity index (χ3v) is 3.93. The molecule has 2 amide bonds. The predicted molar refractivity (Wildman–Crippen MR) is 96.6 cm³/mol. The van der Waals surface area contributed by atoms with E-state index in [1.165, 1.54) is 0 Å². The SMILES string of the molecule is CCc1cccc(C)c1NC(=O)CC(=O)Nc1cccc(Br)c1. The minimum Gasteiger partial charge on any atom is -0.326 e. The van der Waals surface area contributed by atoms with E-state index in [-0.39, 0.29) is 18.2 Å². The molecule has 2 rings (SSSR count). The summed E-state index contributed by atoms with van der Waals surface area (Å²) in [6, 6.07) is 13.1. The van der Waals surface area contributed by atoms with E-state index in [0.717, 1.165) is 27.7 Å². The van der Waals surface area contributed by atoms with Gasteiger partial charge in [-0.05, 0) is 42.7 Å². The van der Waals surface area contributed by atoms with Crippen molar-refractivity contribution in [1.29, 1.82) is 0 Å². The molecule has 0 atom stereocenters. The highest BCUT2D eigenvalue weighted by atomic mass is 79.9. The van der Waals surface area contributed by atoms with Crippen molar-refractivity contribution in [3.63, 3.8) is 0 Å². The van der Waals surface area contributed by atoms with Crippen LogP contribution in [0.1, 0.15) is 24.5 Å². The number of aryl methyl sites for hydroxylation is 2. The van der Waals surface area contributed by atoms with Crippen molar-refractivity contribution in [2.24, 2.45) is 0 Å². The van der Waals surface area contributed by atoms with E-state index in [9.17, 15) is 9.59 Å². The minimum atomic E-state index is -0.341. The molecule has 0 aromatic heterocycles. The molecular formula is C18H19BrN2O2. The van der Waals surface area contributed by atoms with E-state index in [1.54, 1.807) is 12.1 Å². The van der Waals surface area contributed by atoms with Gasteiger partial charge in [0.15, 0.2) is 0 Å². The molecule has 4 nitrogen and oxygen atoms in total. The maximum absolute atomic E-state index is 12.1. The van der Waals surface area contributed by atoms with Crippen molar-refractivity contribution >= 4 is 39.1 Å². The van der Waals surface area contributed by atoms with Gasteiger partial charge in [0.05, 0.1) is 0 Å². The zero-order valence-corrected chi connectivity index (χ0v) is 14.7. The second-order valence-electron chi connectivity index (χ2n) is 5.25. The van der Waals surface area contributed by atoms with E-state index in [1.807, 2.05) is 44.2 Å². The maximum Gasteiger partial charge on any atom is 0.233 e. The van der Waals surface area contributed by atoms with Gasteiger partial charge in [0.1, 0.15) is 6.42 Å². The van der Waals surface area contributed by atoms with Gasteiger partial charge in [-0.2, -0.15) is 0 Å². The first-order valence-corrected chi connectivity index (χ1v) is 8.22. The summed E-state index contributed by atoms with van der Waals surface area (Å²) in [5.74, 6) is -0.659. The van der Waals surface area contributed by atoms with Crippen molar-refractivity contribution in [3.05, 3.63) is 58.1 Å². The van der Waals surface area contributed by atoms with Crippen molar-refractivity contribution in [2.45, 2.75) is 26.7 Å². The fraction of sp³-hybridized carbons (Fsp3) is 0.222. The van der Waals surface area contributed by atoms with Gasteiger partial charge in [-0.15, -0.1) is 0 Å². The van der Waals surface area contributed by atoms with Crippen LogP contribution in [0, 0.1) is 6.92 Å². The Balaban J connectivity index is 1.98. The van der Waals surface area contributed by atoms with Crippen LogP contribution < -0.4 is 10.6 Å². The van der Waals surface area contributed by atoms with Crippen molar-refractivity contribution in [3.8, 4) is 0 Å². The number of hydrogen-bond donors (Lipinski definition) is 2. The lowest BCUT2D eigenvalue weighted by Gasteiger charge is -2.13. The van der Waals surface area contributed by atoms with E-state index in [2.05, 4.69) is 26.6 Å². The molecular weight excluding hydrogens is 356 g/mol. The highest BCUT2D eigenvalue weighted by Crippen LogP contribution is 2.21. The largest absolute Gasteiger partial charge is 0.326 e. The van der Waals surface area contributed by atoms with Gasteiger partial charge < -0.3 is 10.6 Å². The number of carbonyl (C=O) groups excluding carboxylic acids is 2. The molecule has 2 aromatic rings. The monoisotopic (exact) mass is 374 g/mol. The van der Waals surface area contributed by atoms with Crippen LogP contribution in [0.25, 0.3) is 0 Å².